The Morgan fingerprint density at radius 1 is 1.24 bits per heavy atom. The minimum absolute atomic E-state index is 0.00137. The first-order valence-corrected chi connectivity index (χ1v) is 8.97. The molecule has 0 bridgehead atoms. The molecule has 1 N–H and O–H groups in total. The van der Waals surface area contributed by atoms with Gasteiger partial charge >= 0.3 is 11.7 Å². The predicted molar refractivity (Wildman–Crippen MR) is 85.8 cm³/mol. The molecule has 0 amide bonds. The minimum atomic E-state index is -5.16. The largest absolute Gasteiger partial charge is 0.478 e. The molecule has 0 aliphatic heterocycles. The Balaban J connectivity index is 2.60. The van der Waals surface area contributed by atoms with E-state index in [9.17, 15) is 31.5 Å². The molecule has 0 atom stereocenters. The maximum Gasteiger partial charge on any atom is 0.341 e. The number of halogens is 5. The summed E-state index contributed by atoms with van der Waals surface area (Å²) in [5.74, 6) is -6.63. The van der Waals surface area contributed by atoms with Crippen LogP contribution in [-0.4, -0.2) is 25.3 Å². The quantitative estimate of drug-likeness (QED) is 0.699. The molecule has 0 saturated heterocycles. The number of carboxylic acid groups (broad SMARTS) is 1. The molecule has 0 radical (unpaired) electrons. The Labute approximate surface area is 153 Å². The highest BCUT2D eigenvalue weighted by Crippen LogP contribution is 2.38. The first-order chi connectivity index (χ1) is 11.5. The zero-order chi connectivity index (χ0) is 18.9. The number of aromatic carboxylic acids is 1. The van der Waals surface area contributed by atoms with Gasteiger partial charge in [0.25, 0.3) is 0 Å². The van der Waals surface area contributed by atoms with Gasteiger partial charge in [-0.2, -0.15) is 8.78 Å². The molecule has 2 aromatic carbocycles. The average molecular weight is 460 g/mol. The number of carboxylic acids is 1. The van der Waals surface area contributed by atoms with Gasteiger partial charge in [-0.3, -0.25) is 0 Å². The van der Waals surface area contributed by atoms with Crippen molar-refractivity contribution in [2.45, 2.75) is 10.7 Å². The van der Waals surface area contributed by atoms with Gasteiger partial charge in [0.2, 0.25) is 9.84 Å². The standard InChI is InChI=1S/C14H7BrClF3O5S/c15-12-9(24-8-4-6(16)3-7(17)5-8)1-2-10(11(12)13(20)21)25(22,23)14(18)19/h1-5,14H,(H,20,21). The third-order valence-electron chi connectivity index (χ3n) is 2.89. The molecule has 0 spiro atoms. The van der Waals surface area contributed by atoms with Crippen LogP contribution < -0.4 is 4.74 Å². The van der Waals surface area contributed by atoms with Gasteiger partial charge in [0.1, 0.15) is 17.3 Å². The number of hydrogen-bond acceptors (Lipinski definition) is 4. The molecule has 2 aromatic rings. The van der Waals surface area contributed by atoms with Crippen LogP contribution in [0.1, 0.15) is 10.4 Å². The number of benzene rings is 2. The van der Waals surface area contributed by atoms with Crippen molar-refractivity contribution in [1.82, 2.24) is 0 Å². The summed E-state index contributed by atoms with van der Waals surface area (Å²) in [4.78, 5) is 10.3. The van der Waals surface area contributed by atoms with E-state index in [1.807, 2.05) is 0 Å². The number of alkyl halides is 2. The van der Waals surface area contributed by atoms with E-state index in [4.69, 9.17) is 16.3 Å². The molecule has 0 unspecified atom stereocenters. The van der Waals surface area contributed by atoms with Crippen LogP contribution >= 0.6 is 27.5 Å². The molecule has 0 aliphatic rings. The molecule has 0 saturated carbocycles. The molecular formula is C14H7BrClF3O5S. The molecule has 2 rings (SSSR count). The number of carbonyl (C=O) groups is 1. The van der Waals surface area contributed by atoms with E-state index in [1.165, 1.54) is 6.07 Å². The van der Waals surface area contributed by atoms with E-state index in [-0.39, 0.29) is 16.5 Å². The molecule has 0 aliphatic carbocycles. The van der Waals surface area contributed by atoms with Crippen molar-refractivity contribution in [3.8, 4) is 11.5 Å². The predicted octanol–water partition coefficient (Wildman–Crippen LogP) is 4.73. The first kappa shape index (κ1) is 19.5. The van der Waals surface area contributed by atoms with Gasteiger partial charge in [-0.1, -0.05) is 11.6 Å². The Morgan fingerprint density at radius 2 is 1.88 bits per heavy atom. The third kappa shape index (κ3) is 4.07. The summed E-state index contributed by atoms with van der Waals surface area (Å²) in [6.07, 6.45) is 0. The van der Waals surface area contributed by atoms with Crippen LogP contribution in [0.15, 0.2) is 39.7 Å². The smallest absolute Gasteiger partial charge is 0.341 e. The van der Waals surface area contributed by atoms with Gasteiger partial charge in [0.05, 0.1) is 14.9 Å². The van der Waals surface area contributed by atoms with Crippen LogP contribution in [0.25, 0.3) is 0 Å². The van der Waals surface area contributed by atoms with E-state index in [0.29, 0.717) is 6.07 Å². The first-order valence-electron chi connectivity index (χ1n) is 6.26. The van der Waals surface area contributed by atoms with E-state index in [2.05, 4.69) is 15.9 Å². The Kier molecular flexibility index (Phi) is 5.65. The molecule has 5 nitrogen and oxygen atoms in total. The van der Waals surface area contributed by atoms with Crippen molar-refractivity contribution >= 4 is 43.3 Å². The monoisotopic (exact) mass is 458 g/mol. The van der Waals surface area contributed by atoms with Crippen molar-refractivity contribution in [2.75, 3.05) is 0 Å². The van der Waals surface area contributed by atoms with Crippen LogP contribution in [0, 0.1) is 5.82 Å². The van der Waals surface area contributed by atoms with Crippen LogP contribution in [-0.2, 0) is 9.84 Å². The topological polar surface area (TPSA) is 80.7 Å². The van der Waals surface area contributed by atoms with E-state index >= 15 is 0 Å². The summed E-state index contributed by atoms with van der Waals surface area (Å²) in [6, 6.07) is 4.81. The van der Waals surface area contributed by atoms with Gasteiger partial charge < -0.3 is 9.84 Å². The lowest BCUT2D eigenvalue weighted by Crippen LogP contribution is -2.16. The molecular weight excluding hydrogens is 453 g/mol. The fourth-order valence-electron chi connectivity index (χ4n) is 1.86. The van der Waals surface area contributed by atoms with Gasteiger partial charge in [0, 0.05) is 11.1 Å². The molecule has 0 heterocycles. The van der Waals surface area contributed by atoms with Gasteiger partial charge in [-0.15, -0.1) is 0 Å². The summed E-state index contributed by atoms with van der Waals surface area (Å²) in [5.41, 5.74) is -0.930. The summed E-state index contributed by atoms with van der Waals surface area (Å²) in [7, 11) is -5.16. The zero-order valence-electron chi connectivity index (χ0n) is 11.8. The van der Waals surface area contributed by atoms with Gasteiger partial charge in [-0.05, 0) is 40.2 Å². The summed E-state index contributed by atoms with van der Waals surface area (Å²) < 4.78 is 66.9. The van der Waals surface area contributed by atoms with Crippen molar-refractivity contribution in [2.24, 2.45) is 0 Å². The Morgan fingerprint density at radius 3 is 2.40 bits per heavy atom. The molecule has 134 valence electrons. The third-order valence-corrected chi connectivity index (χ3v) is 5.32. The van der Waals surface area contributed by atoms with Crippen molar-refractivity contribution in [3.05, 3.63) is 51.2 Å². The fourth-order valence-corrected chi connectivity index (χ4v) is 3.73. The summed E-state index contributed by atoms with van der Waals surface area (Å²) in [6.45, 7) is 0. The van der Waals surface area contributed by atoms with Crippen molar-refractivity contribution in [3.63, 3.8) is 0 Å². The molecule has 0 aromatic heterocycles. The Bertz CT molecular complexity index is 929. The Hall–Kier alpha value is -1.78. The van der Waals surface area contributed by atoms with Crippen LogP contribution in [0.3, 0.4) is 0 Å². The van der Waals surface area contributed by atoms with E-state index in [0.717, 1.165) is 18.2 Å². The van der Waals surface area contributed by atoms with E-state index in [1.54, 1.807) is 0 Å². The highest BCUT2D eigenvalue weighted by atomic mass is 79.9. The minimum Gasteiger partial charge on any atom is -0.478 e. The SMILES string of the molecule is O=C(O)c1c(S(=O)(=O)C(F)F)ccc(Oc2cc(F)cc(Cl)c2)c1Br. The van der Waals surface area contributed by atoms with Crippen LogP contribution in [0.5, 0.6) is 11.5 Å². The second kappa shape index (κ2) is 7.22. The van der Waals surface area contributed by atoms with E-state index < -0.39 is 42.3 Å². The number of rotatable bonds is 5. The van der Waals surface area contributed by atoms with Crippen molar-refractivity contribution in [1.29, 1.82) is 0 Å². The lowest BCUT2D eigenvalue weighted by Gasteiger charge is -2.13. The average Bonchev–Trinajstić information content (AvgIpc) is 2.47. The van der Waals surface area contributed by atoms with Crippen LogP contribution in [0.2, 0.25) is 5.02 Å². The molecule has 11 heteroatoms. The maximum absolute atomic E-state index is 13.3. The van der Waals surface area contributed by atoms with Gasteiger partial charge in [0.15, 0.2) is 0 Å². The number of sulfone groups is 1. The van der Waals surface area contributed by atoms with Crippen molar-refractivity contribution < 1.29 is 36.2 Å². The normalized spacial score (nSPS) is 11.6. The molecule has 25 heavy (non-hydrogen) atoms. The highest BCUT2D eigenvalue weighted by molar-refractivity contribution is 9.10. The second-order valence-electron chi connectivity index (χ2n) is 4.57. The van der Waals surface area contributed by atoms with Crippen LogP contribution in [0.4, 0.5) is 13.2 Å². The van der Waals surface area contributed by atoms with Gasteiger partial charge in [-0.25, -0.2) is 17.6 Å². The summed E-state index contributed by atoms with van der Waals surface area (Å²) >= 11 is 8.50. The fraction of sp³-hybridized carbons (Fsp3) is 0.0714. The molecule has 0 fully saturated rings. The maximum atomic E-state index is 13.3. The lowest BCUT2D eigenvalue weighted by molar-refractivity contribution is 0.0691. The number of hydrogen-bond donors (Lipinski definition) is 1. The highest BCUT2D eigenvalue weighted by Gasteiger charge is 2.33. The summed E-state index contributed by atoms with van der Waals surface area (Å²) in [5, 5.41) is 9.20. The number of ether oxygens (including phenoxy) is 1. The second-order valence-corrected chi connectivity index (χ2v) is 7.68. The zero-order valence-corrected chi connectivity index (χ0v) is 15.0. The lowest BCUT2D eigenvalue weighted by atomic mass is 10.2.